The first-order chi connectivity index (χ1) is 13.1. The Morgan fingerprint density at radius 3 is 2.00 bits per heavy atom. The van der Waals surface area contributed by atoms with E-state index in [4.69, 9.17) is 9.47 Å². The molecule has 0 N–H and O–H groups in total. The number of benzene rings is 1. The number of carbonyl (C=O) groups is 2. The molecule has 3 aliphatic heterocycles. The predicted molar refractivity (Wildman–Crippen MR) is 101 cm³/mol. The second kappa shape index (κ2) is 7.60. The van der Waals surface area contributed by atoms with Crippen LogP contribution in [0.3, 0.4) is 0 Å². The molecular formula is C21H28N2O4. The molecule has 27 heavy (non-hydrogen) atoms. The van der Waals surface area contributed by atoms with E-state index in [0.717, 1.165) is 25.9 Å². The van der Waals surface area contributed by atoms with Crippen LogP contribution in [0.2, 0.25) is 0 Å². The highest BCUT2D eigenvalue weighted by Crippen LogP contribution is 2.31. The molecule has 1 aromatic rings. The Labute approximate surface area is 160 Å². The van der Waals surface area contributed by atoms with Gasteiger partial charge in [-0.25, -0.2) is 0 Å². The summed E-state index contributed by atoms with van der Waals surface area (Å²) in [7, 11) is 0. The highest BCUT2D eigenvalue weighted by molar-refractivity contribution is 5.99. The summed E-state index contributed by atoms with van der Waals surface area (Å²) < 4.78 is 11.5. The second-order valence-corrected chi connectivity index (χ2v) is 7.96. The Bertz CT molecular complexity index is 696. The van der Waals surface area contributed by atoms with E-state index in [1.54, 1.807) is 12.1 Å². The summed E-state index contributed by atoms with van der Waals surface area (Å²) in [6.07, 6.45) is 3.49. The summed E-state index contributed by atoms with van der Waals surface area (Å²) >= 11 is 0. The topological polar surface area (TPSA) is 59.1 Å². The smallest absolute Gasteiger partial charge is 0.253 e. The number of rotatable bonds is 2. The van der Waals surface area contributed by atoms with Gasteiger partial charge in [0.25, 0.3) is 11.8 Å². The van der Waals surface area contributed by atoms with Gasteiger partial charge in [0.15, 0.2) is 5.79 Å². The van der Waals surface area contributed by atoms with Crippen molar-refractivity contribution in [3.05, 3.63) is 35.4 Å². The maximum Gasteiger partial charge on any atom is 0.253 e. The summed E-state index contributed by atoms with van der Waals surface area (Å²) in [4.78, 5) is 29.5. The van der Waals surface area contributed by atoms with Gasteiger partial charge in [-0.2, -0.15) is 0 Å². The Morgan fingerprint density at radius 1 is 0.926 bits per heavy atom. The molecule has 1 aromatic carbocycles. The van der Waals surface area contributed by atoms with Crippen LogP contribution >= 0.6 is 0 Å². The van der Waals surface area contributed by atoms with E-state index in [9.17, 15) is 9.59 Å². The van der Waals surface area contributed by atoms with Crippen molar-refractivity contribution in [1.82, 2.24) is 9.80 Å². The van der Waals surface area contributed by atoms with Crippen LogP contribution < -0.4 is 0 Å². The predicted octanol–water partition coefficient (Wildman–Crippen LogP) is 2.54. The van der Waals surface area contributed by atoms with Crippen molar-refractivity contribution < 1.29 is 19.1 Å². The Kier molecular flexibility index (Phi) is 5.19. The van der Waals surface area contributed by atoms with Gasteiger partial charge in [0.2, 0.25) is 0 Å². The fraction of sp³-hybridized carbons (Fsp3) is 0.619. The van der Waals surface area contributed by atoms with E-state index >= 15 is 0 Å². The van der Waals surface area contributed by atoms with Crippen LogP contribution in [0.25, 0.3) is 0 Å². The molecule has 146 valence electrons. The molecule has 0 aromatic heterocycles. The molecule has 0 aliphatic carbocycles. The number of hydrogen-bond donors (Lipinski definition) is 0. The molecule has 3 aliphatic rings. The van der Waals surface area contributed by atoms with Crippen LogP contribution in [0.5, 0.6) is 0 Å². The molecular weight excluding hydrogens is 344 g/mol. The van der Waals surface area contributed by atoms with Crippen LogP contribution in [-0.4, -0.2) is 66.8 Å². The summed E-state index contributed by atoms with van der Waals surface area (Å²) in [6, 6.07) is 7.16. The first-order valence-corrected chi connectivity index (χ1v) is 10.0. The highest BCUT2D eigenvalue weighted by Gasteiger charge is 2.40. The summed E-state index contributed by atoms with van der Waals surface area (Å²) in [5, 5.41) is 0. The Balaban J connectivity index is 1.41. The van der Waals surface area contributed by atoms with Gasteiger partial charge in [-0.05, 0) is 37.0 Å². The fourth-order valence-corrected chi connectivity index (χ4v) is 4.20. The van der Waals surface area contributed by atoms with Crippen LogP contribution in [-0.2, 0) is 9.47 Å². The number of likely N-dealkylation sites (tertiary alicyclic amines) is 2. The third-order valence-electron chi connectivity index (χ3n) is 6.05. The molecule has 0 radical (unpaired) electrons. The van der Waals surface area contributed by atoms with Gasteiger partial charge in [0.05, 0.1) is 13.2 Å². The van der Waals surface area contributed by atoms with E-state index in [1.807, 2.05) is 21.9 Å². The summed E-state index contributed by atoms with van der Waals surface area (Å²) in [5.41, 5.74) is 1.18. The summed E-state index contributed by atoms with van der Waals surface area (Å²) in [5.74, 6) is 0.198. The molecule has 3 fully saturated rings. The molecule has 1 spiro atoms. The molecule has 4 rings (SSSR count). The zero-order chi connectivity index (χ0) is 18.9. The van der Waals surface area contributed by atoms with Crippen molar-refractivity contribution in [2.24, 2.45) is 5.92 Å². The molecule has 6 nitrogen and oxygen atoms in total. The number of ether oxygens (including phenoxy) is 2. The molecule has 0 atom stereocenters. The number of hydrogen-bond acceptors (Lipinski definition) is 4. The van der Waals surface area contributed by atoms with E-state index in [-0.39, 0.29) is 11.8 Å². The van der Waals surface area contributed by atoms with Crippen LogP contribution in [0.15, 0.2) is 24.3 Å². The van der Waals surface area contributed by atoms with Gasteiger partial charge in [-0.3, -0.25) is 9.59 Å². The average molecular weight is 372 g/mol. The van der Waals surface area contributed by atoms with Crippen LogP contribution in [0.1, 0.15) is 53.3 Å². The van der Waals surface area contributed by atoms with Crippen molar-refractivity contribution in [2.75, 3.05) is 39.4 Å². The minimum Gasteiger partial charge on any atom is -0.347 e. The summed E-state index contributed by atoms with van der Waals surface area (Å²) in [6.45, 7) is 6.31. The molecule has 0 bridgehead atoms. The molecule has 0 saturated carbocycles. The average Bonchev–Trinajstić information content (AvgIpc) is 3.16. The SMILES string of the molecule is CC1CCN(C(=O)c2cccc(C(=O)N3CCC4(CC3)OCCO4)c2)CC1. The Morgan fingerprint density at radius 2 is 1.44 bits per heavy atom. The maximum atomic E-state index is 12.9. The third-order valence-corrected chi connectivity index (χ3v) is 6.05. The number of piperidine rings is 2. The third kappa shape index (κ3) is 3.87. The first kappa shape index (κ1) is 18.4. The monoisotopic (exact) mass is 372 g/mol. The minimum absolute atomic E-state index is 0.0234. The number of carbonyl (C=O) groups excluding carboxylic acids is 2. The first-order valence-electron chi connectivity index (χ1n) is 10.0. The zero-order valence-corrected chi connectivity index (χ0v) is 16.0. The van der Waals surface area contributed by atoms with E-state index in [2.05, 4.69) is 6.92 Å². The van der Waals surface area contributed by atoms with Crippen molar-refractivity contribution in [3.8, 4) is 0 Å². The fourth-order valence-electron chi connectivity index (χ4n) is 4.20. The second-order valence-electron chi connectivity index (χ2n) is 7.96. The standard InChI is InChI=1S/C21H28N2O4/c1-16-5-9-22(10-6-16)19(24)17-3-2-4-18(15-17)20(25)23-11-7-21(8-12-23)26-13-14-27-21/h2-4,15-16H,5-14H2,1H3. The largest absolute Gasteiger partial charge is 0.347 e. The van der Waals surface area contributed by atoms with Gasteiger partial charge in [0.1, 0.15) is 0 Å². The number of nitrogens with zero attached hydrogens (tertiary/aromatic N) is 2. The van der Waals surface area contributed by atoms with E-state index in [0.29, 0.717) is 56.2 Å². The van der Waals surface area contributed by atoms with Gasteiger partial charge in [0, 0.05) is 50.1 Å². The molecule has 3 heterocycles. The molecule has 6 heteroatoms. The minimum atomic E-state index is -0.486. The normalized spacial score (nSPS) is 23.0. The Hall–Kier alpha value is -1.92. The van der Waals surface area contributed by atoms with Crippen LogP contribution in [0.4, 0.5) is 0 Å². The van der Waals surface area contributed by atoms with Crippen molar-refractivity contribution >= 4 is 11.8 Å². The highest BCUT2D eigenvalue weighted by atomic mass is 16.7. The maximum absolute atomic E-state index is 12.9. The van der Waals surface area contributed by atoms with Gasteiger partial charge in [-0.15, -0.1) is 0 Å². The molecule has 3 saturated heterocycles. The van der Waals surface area contributed by atoms with Gasteiger partial charge >= 0.3 is 0 Å². The van der Waals surface area contributed by atoms with Crippen molar-refractivity contribution in [1.29, 1.82) is 0 Å². The van der Waals surface area contributed by atoms with E-state index in [1.165, 1.54) is 0 Å². The molecule has 2 amide bonds. The van der Waals surface area contributed by atoms with Crippen molar-refractivity contribution in [3.63, 3.8) is 0 Å². The zero-order valence-electron chi connectivity index (χ0n) is 16.0. The van der Waals surface area contributed by atoms with E-state index < -0.39 is 5.79 Å². The van der Waals surface area contributed by atoms with Crippen molar-refractivity contribution in [2.45, 2.75) is 38.4 Å². The van der Waals surface area contributed by atoms with Crippen LogP contribution in [0, 0.1) is 5.92 Å². The lowest BCUT2D eigenvalue weighted by Gasteiger charge is -2.37. The number of amides is 2. The van der Waals surface area contributed by atoms with Gasteiger partial charge < -0.3 is 19.3 Å². The lowest BCUT2D eigenvalue weighted by molar-refractivity contribution is -0.181. The lowest BCUT2D eigenvalue weighted by atomic mass is 9.98. The molecule has 0 unspecified atom stereocenters. The van der Waals surface area contributed by atoms with Gasteiger partial charge in [-0.1, -0.05) is 13.0 Å². The lowest BCUT2D eigenvalue weighted by Crippen LogP contribution is -2.47. The quantitative estimate of drug-likeness (QED) is 0.801.